The van der Waals surface area contributed by atoms with Gasteiger partial charge in [-0.2, -0.15) is 4.31 Å². The molecule has 4 rings (SSSR count). The van der Waals surface area contributed by atoms with Crippen LogP contribution in [-0.2, 0) is 21.2 Å². The van der Waals surface area contributed by atoms with Gasteiger partial charge < -0.3 is 9.84 Å². The summed E-state index contributed by atoms with van der Waals surface area (Å²) in [6.07, 6.45) is 2.08. The van der Waals surface area contributed by atoms with E-state index in [9.17, 15) is 13.2 Å². The summed E-state index contributed by atoms with van der Waals surface area (Å²) in [4.78, 5) is 12.8. The van der Waals surface area contributed by atoms with Gasteiger partial charge in [0.05, 0.1) is 5.92 Å². The lowest BCUT2D eigenvalue weighted by atomic mass is 9.99. The standard InChI is InChI=1S/C21H25N3O4S2/c1-14-20(15(2)28-23-14)30(26,27)24-11-5-6-16(12-24)21(25)22-10-9-17-13-29-19-8-4-3-7-18(17)19/h3-4,7-8,13,16H,5-6,9-12H2,1-2H3,(H,22,25). The Bertz CT molecular complexity index is 1150. The van der Waals surface area contributed by atoms with Crippen molar-refractivity contribution in [2.45, 2.75) is 38.0 Å². The van der Waals surface area contributed by atoms with Crippen LogP contribution in [0, 0.1) is 19.8 Å². The Morgan fingerprint density at radius 1 is 1.33 bits per heavy atom. The zero-order valence-electron chi connectivity index (χ0n) is 17.1. The molecule has 0 radical (unpaired) electrons. The third kappa shape index (κ3) is 4.01. The monoisotopic (exact) mass is 447 g/mol. The molecule has 3 heterocycles. The molecule has 0 saturated carbocycles. The van der Waals surface area contributed by atoms with Gasteiger partial charge >= 0.3 is 0 Å². The topological polar surface area (TPSA) is 92.5 Å². The van der Waals surface area contributed by atoms with Gasteiger partial charge in [0.2, 0.25) is 15.9 Å². The number of sulfonamides is 1. The summed E-state index contributed by atoms with van der Waals surface area (Å²) >= 11 is 1.71. The SMILES string of the molecule is Cc1noc(C)c1S(=O)(=O)N1CCCC(C(=O)NCCc2csc3ccccc23)C1. The first-order chi connectivity index (χ1) is 14.4. The molecule has 1 saturated heterocycles. The number of hydrogen-bond acceptors (Lipinski definition) is 6. The minimum Gasteiger partial charge on any atom is -0.360 e. The number of hydrogen-bond donors (Lipinski definition) is 1. The zero-order chi connectivity index (χ0) is 21.3. The smallest absolute Gasteiger partial charge is 0.248 e. The van der Waals surface area contributed by atoms with Crippen molar-refractivity contribution in [1.82, 2.24) is 14.8 Å². The summed E-state index contributed by atoms with van der Waals surface area (Å²) in [6.45, 7) is 4.32. The number of carbonyl (C=O) groups excluding carboxylic acids is 1. The number of amides is 1. The van der Waals surface area contributed by atoms with Crippen molar-refractivity contribution < 1.29 is 17.7 Å². The van der Waals surface area contributed by atoms with E-state index < -0.39 is 10.0 Å². The summed E-state index contributed by atoms with van der Waals surface area (Å²) in [5, 5.41) is 10.1. The van der Waals surface area contributed by atoms with Gasteiger partial charge in [0, 0.05) is 24.3 Å². The van der Waals surface area contributed by atoms with Crippen molar-refractivity contribution in [3.63, 3.8) is 0 Å². The molecule has 1 unspecified atom stereocenters. The Morgan fingerprint density at radius 3 is 2.90 bits per heavy atom. The molecule has 0 aliphatic carbocycles. The number of nitrogens with one attached hydrogen (secondary N) is 1. The Balaban J connectivity index is 1.38. The third-order valence-electron chi connectivity index (χ3n) is 5.58. The molecule has 1 N–H and O–H groups in total. The van der Waals surface area contributed by atoms with Crippen LogP contribution in [0.25, 0.3) is 10.1 Å². The molecule has 1 amide bonds. The Hall–Kier alpha value is -2.23. The zero-order valence-corrected chi connectivity index (χ0v) is 18.7. The second-order valence-corrected chi connectivity index (χ2v) is 10.4. The van der Waals surface area contributed by atoms with E-state index in [2.05, 4.69) is 28.0 Å². The van der Waals surface area contributed by atoms with Crippen LogP contribution in [-0.4, -0.2) is 43.4 Å². The highest BCUT2D eigenvalue weighted by Crippen LogP contribution is 2.28. The van der Waals surface area contributed by atoms with Gasteiger partial charge in [0.25, 0.3) is 0 Å². The number of nitrogens with zero attached hydrogens (tertiary/aromatic N) is 2. The lowest BCUT2D eigenvalue weighted by Crippen LogP contribution is -2.45. The van der Waals surface area contributed by atoms with E-state index in [1.807, 2.05) is 12.1 Å². The van der Waals surface area contributed by atoms with Crippen molar-refractivity contribution >= 4 is 37.4 Å². The molecule has 1 aromatic carbocycles. The Kier molecular flexibility index (Phi) is 5.95. The maximum absolute atomic E-state index is 13.0. The maximum atomic E-state index is 13.0. The quantitative estimate of drug-likeness (QED) is 0.626. The second kappa shape index (κ2) is 8.49. The van der Waals surface area contributed by atoms with Gasteiger partial charge in [-0.3, -0.25) is 4.79 Å². The van der Waals surface area contributed by atoms with Crippen molar-refractivity contribution in [2.75, 3.05) is 19.6 Å². The molecule has 1 fully saturated rings. The van der Waals surface area contributed by atoms with E-state index in [1.54, 1.807) is 25.2 Å². The molecular weight excluding hydrogens is 422 g/mol. The highest BCUT2D eigenvalue weighted by molar-refractivity contribution is 7.89. The summed E-state index contributed by atoms with van der Waals surface area (Å²) in [6, 6.07) is 8.24. The van der Waals surface area contributed by atoms with Gasteiger partial charge in [-0.05, 0) is 55.5 Å². The minimum absolute atomic E-state index is 0.0896. The van der Waals surface area contributed by atoms with Crippen LogP contribution in [0.3, 0.4) is 0 Å². The predicted molar refractivity (Wildman–Crippen MR) is 116 cm³/mol. The van der Waals surface area contributed by atoms with Crippen molar-refractivity contribution in [2.24, 2.45) is 5.92 Å². The van der Waals surface area contributed by atoms with Crippen LogP contribution < -0.4 is 5.32 Å². The number of thiophene rings is 1. The fraction of sp³-hybridized carbons (Fsp3) is 0.429. The highest BCUT2D eigenvalue weighted by Gasteiger charge is 2.36. The molecule has 1 aliphatic heterocycles. The van der Waals surface area contributed by atoms with E-state index in [-0.39, 0.29) is 29.0 Å². The van der Waals surface area contributed by atoms with Crippen LogP contribution in [0.15, 0.2) is 39.1 Å². The summed E-state index contributed by atoms with van der Waals surface area (Å²) in [5.74, 6) is -0.163. The normalized spacial score (nSPS) is 18.0. The average Bonchev–Trinajstić information content (AvgIpc) is 3.31. The van der Waals surface area contributed by atoms with E-state index in [0.717, 1.165) is 6.42 Å². The van der Waals surface area contributed by atoms with Gasteiger partial charge in [0.15, 0.2) is 5.76 Å². The van der Waals surface area contributed by atoms with Gasteiger partial charge in [0.1, 0.15) is 10.6 Å². The molecule has 0 spiro atoms. The van der Waals surface area contributed by atoms with Crippen LogP contribution in [0.5, 0.6) is 0 Å². The van der Waals surface area contributed by atoms with Crippen molar-refractivity contribution in [1.29, 1.82) is 0 Å². The summed E-state index contributed by atoms with van der Waals surface area (Å²) in [7, 11) is -3.73. The van der Waals surface area contributed by atoms with E-state index in [0.29, 0.717) is 31.6 Å². The molecule has 3 aromatic rings. The van der Waals surface area contributed by atoms with Crippen LogP contribution in [0.1, 0.15) is 29.9 Å². The van der Waals surface area contributed by atoms with Gasteiger partial charge in [-0.1, -0.05) is 23.4 Å². The van der Waals surface area contributed by atoms with Crippen LogP contribution >= 0.6 is 11.3 Å². The van der Waals surface area contributed by atoms with Crippen LogP contribution in [0.2, 0.25) is 0 Å². The second-order valence-electron chi connectivity index (χ2n) is 7.65. The fourth-order valence-electron chi connectivity index (χ4n) is 4.04. The first-order valence-electron chi connectivity index (χ1n) is 10.0. The number of carbonyl (C=O) groups is 1. The van der Waals surface area contributed by atoms with Gasteiger partial charge in [-0.25, -0.2) is 8.42 Å². The lowest BCUT2D eigenvalue weighted by molar-refractivity contribution is -0.126. The number of benzene rings is 1. The number of aromatic nitrogens is 1. The Morgan fingerprint density at radius 2 is 2.13 bits per heavy atom. The van der Waals surface area contributed by atoms with Crippen LogP contribution in [0.4, 0.5) is 0 Å². The molecule has 30 heavy (non-hydrogen) atoms. The van der Waals surface area contributed by atoms with Crippen molar-refractivity contribution in [3.05, 3.63) is 46.7 Å². The summed E-state index contributed by atoms with van der Waals surface area (Å²) in [5.41, 5.74) is 1.57. The number of aryl methyl sites for hydroxylation is 2. The first-order valence-corrected chi connectivity index (χ1v) is 12.4. The molecule has 7 nitrogen and oxygen atoms in total. The maximum Gasteiger partial charge on any atom is 0.248 e. The van der Waals surface area contributed by atoms with E-state index in [4.69, 9.17) is 4.52 Å². The largest absolute Gasteiger partial charge is 0.360 e. The lowest BCUT2D eigenvalue weighted by Gasteiger charge is -2.31. The van der Waals surface area contributed by atoms with Crippen molar-refractivity contribution in [3.8, 4) is 0 Å². The average molecular weight is 448 g/mol. The molecule has 1 aliphatic rings. The van der Waals surface area contributed by atoms with E-state index >= 15 is 0 Å². The molecule has 0 bridgehead atoms. The number of rotatable bonds is 6. The molecule has 1 atom stereocenters. The number of piperidine rings is 1. The molecule has 2 aromatic heterocycles. The molecular formula is C21H25N3O4S2. The predicted octanol–water partition coefficient (Wildman–Crippen LogP) is 3.27. The fourth-order valence-corrected chi connectivity index (χ4v) is 6.85. The minimum atomic E-state index is -3.73. The highest BCUT2D eigenvalue weighted by atomic mass is 32.2. The third-order valence-corrected chi connectivity index (χ3v) is 8.70. The Labute approximate surface area is 180 Å². The summed E-state index contributed by atoms with van der Waals surface area (Å²) < 4.78 is 33.8. The van der Waals surface area contributed by atoms with Gasteiger partial charge in [-0.15, -0.1) is 11.3 Å². The molecule has 160 valence electrons. The van der Waals surface area contributed by atoms with E-state index in [1.165, 1.54) is 20.0 Å². The molecule has 9 heteroatoms. The first kappa shape index (κ1) is 21.0. The number of fused-ring (bicyclic) bond motifs is 1.